The van der Waals surface area contributed by atoms with Crippen LogP contribution >= 0.6 is 0 Å². The summed E-state index contributed by atoms with van der Waals surface area (Å²) in [6.45, 7) is -1.44. The van der Waals surface area contributed by atoms with E-state index in [4.69, 9.17) is 5.11 Å². The average Bonchev–Trinajstić information content (AvgIpc) is 2.40. The van der Waals surface area contributed by atoms with Crippen molar-refractivity contribution in [2.45, 2.75) is 6.18 Å². The van der Waals surface area contributed by atoms with E-state index in [1.807, 2.05) is 0 Å². The van der Waals surface area contributed by atoms with Crippen LogP contribution in [0.25, 0.3) is 0 Å². The Morgan fingerprint density at radius 1 is 1.29 bits per heavy atom. The largest absolute Gasteiger partial charge is 0.476 e. The Kier molecular flexibility index (Phi) is 3.96. The van der Waals surface area contributed by atoms with Crippen molar-refractivity contribution < 1.29 is 27.9 Å². The molecule has 114 valence electrons. The molecular weight excluding hydrogens is 293 g/mol. The molecule has 1 aliphatic heterocycles. The van der Waals surface area contributed by atoms with Gasteiger partial charge in [0.15, 0.2) is 5.69 Å². The van der Waals surface area contributed by atoms with Gasteiger partial charge in [-0.1, -0.05) is 0 Å². The number of amides is 1. The molecule has 0 saturated carbocycles. The van der Waals surface area contributed by atoms with Crippen LogP contribution in [0, 0.1) is 0 Å². The van der Waals surface area contributed by atoms with Gasteiger partial charge in [-0.05, 0) is 0 Å². The number of carboxylic acids is 1. The Balaban J connectivity index is 2.02. The number of carbonyl (C=O) groups excluding carboxylic acids is 1. The van der Waals surface area contributed by atoms with Crippen molar-refractivity contribution in [2.24, 2.45) is 0 Å². The lowest BCUT2D eigenvalue weighted by atomic mass is 10.3. The second-order valence-electron chi connectivity index (χ2n) is 4.42. The second-order valence-corrected chi connectivity index (χ2v) is 4.42. The molecule has 7 nitrogen and oxygen atoms in total. The Morgan fingerprint density at radius 3 is 2.48 bits per heavy atom. The van der Waals surface area contributed by atoms with Gasteiger partial charge in [-0.15, -0.1) is 0 Å². The number of nitrogens with zero attached hydrogens (tertiary/aromatic N) is 4. The quantitative estimate of drug-likeness (QED) is 0.869. The summed E-state index contributed by atoms with van der Waals surface area (Å²) in [7, 11) is 0. The number of hydrogen-bond acceptors (Lipinski definition) is 5. The van der Waals surface area contributed by atoms with Crippen LogP contribution in [0.15, 0.2) is 12.4 Å². The van der Waals surface area contributed by atoms with E-state index in [0.717, 1.165) is 11.1 Å². The predicted molar refractivity (Wildman–Crippen MR) is 63.8 cm³/mol. The van der Waals surface area contributed by atoms with E-state index in [9.17, 15) is 22.8 Å². The minimum absolute atomic E-state index is 0.0826. The highest BCUT2D eigenvalue weighted by Crippen LogP contribution is 2.19. The highest BCUT2D eigenvalue weighted by Gasteiger charge is 2.35. The van der Waals surface area contributed by atoms with E-state index in [2.05, 4.69) is 9.97 Å². The van der Waals surface area contributed by atoms with Crippen LogP contribution in [0.4, 0.5) is 19.0 Å². The number of rotatable bonds is 3. The minimum Gasteiger partial charge on any atom is -0.476 e. The highest BCUT2D eigenvalue weighted by atomic mass is 19.4. The molecule has 0 bridgehead atoms. The average molecular weight is 304 g/mol. The van der Waals surface area contributed by atoms with Crippen LogP contribution in [0.2, 0.25) is 0 Å². The fraction of sp³-hybridized carbons (Fsp3) is 0.455. The molecule has 10 heteroatoms. The standard InChI is InChI=1S/C11H11F3N4O3/c12-11(13,14)6-18-2-1-17(5-9(18)19)8-4-15-7(3-16-8)10(20)21/h3-4H,1-2,5-6H2,(H,20,21). The molecule has 0 aromatic carbocycles. The maximum Gasteiger partial charge on any atom is 0.406 e. The molecule has 2 heterocycles. The van der Waals surface area contributed by atoms with Gasteiger partial charge in [0.25, 0.3) is 0 Å². The van der Waals surface area contributed by atoms with E-state index in [1.165, 1.54) is 11.1 Å². The van der Waals surface area contributed by atoms with Crippen LogP contribution in [-0.2, 0) is 4.79 Å². The van der Waals surface area contributed by atoms with Crippen molar-refractivity contribution in [1.82, 2.24) is 14.9 Å². The number of carbonyl (C=O) groups is 2. The zero-order valence-electron chi connectivity index (χ0n) is 10.7. The summed E-state index contributed by atoms with van der Waals surface area (Å²) in [5, 5.41) is 8.69. The molecule has 1 aromatic heterocycles. The van der Waals surface area contributed by atoms with Crippen LogP contribution in [0.3, 0.4) is 0 Å². The molecular formula is C11H11F3N4O3. The number of alkyl halides is 3. The van der Waals surface area contributed by atoms with Crippen LogP contribution in [0.5, 0.6) is 0 Å². The number of aromatic carboxylic acids is 1. The third-order valence-corrected chi connectivity index (χ3v) is 2.87. The van der Waals surface area contributed by atoms with Gasteiger partial charge in [0, 0.05) is 13.1 Å². The molecule has 0 unspecified atom stereocenters. The molecule has 1 fully saturated rings. The SMILES string of the molecule is O=C(O)c1cnc(N2CCN(CC(F)(F)F)C(=O)C2)cn1. The van der Waals surface area contributed by atoms with E-state index in [0.29, 0.717) is 0 Å². The fourth-order valence-corrected chi connectivity index (χ4v) is 1.88. The summed E-state index contributed by atoms with van der Waals surface area (Å²) in [5.41, 5.74) is -0.249. The van der Waals surface area contributed by atoms with Gasteiger partial charge in [0.2, 0.25) is 5.91 Å². The minimum atomic E-state index is -4.43. The first-order chi connectivity index (χ1) is 9.76. The van der Waals surface area contributed by atoms with Gasteiger partial charge < -0.3 is 14.9 Å². The topological polar surface area (TPSA) is 86.6 Å². The maximum atomic E-state index is 12.3. The van der Waals surface area contributed by atoms with Crippen molar-refractivity contribution >= 4 is 17.7 Å². The summed E-state index contributed by atoms with van der Waals surface area (Å²) in [4.78, 5) is 32.0. The van der Waals surface area contributed by atoms with E-state index in [1.54, 1.807) is 0 Å². The first kappa shape index (κ1) is 15.0. The fourth-order valence-electron chi connectivity index (χ4n) is 1.88. The van der Waals surface area contributed by atoms with E-state index in [-0.39, 0.29) is 31.1 Å². The number of aromatic nitrogens is 2. The first-order valence-corrected chi connectivity index (χ1v) is 5.91. The van der Waals surface area contributed by atoms with Crippen molar-refractivity contribution in [3.05, 3.63) is 18.1 Å². The monoisotopic (exact) mass is 304 g/mol. The molecule has 1 saturated heterocycles. The molecule has 1 N–H and O–H groups in total. The summed E-state index contributed by atoms with van der Waals surface area (Å²) < 4.78 is 36.8. The van der Waals surface area contributed by atoms with Crippen LogP contribution in [0.1, 0.15) is 10.5 Å². The maximum absolute atomic E-state index is 12.3. The zero-order valence-corrected chi connectivity index (χ0v) is 10.7. The lowest BCUT2D eigenvalue weighted by Gasteiger charge is -2.35. The molecule has 0 atom stereocenters. The Morgan fingerprint density at radius 2 is 2.00 bits per heavy atom. The van der Waals surface area contributed by atoms with Gasteiger partial charge in [-0.3, -0.25) is 4.79 Å². The molecule has 0 aliphatic carbocycles. The Bertz CT molecular complexity index is 547. The van der Waals surface area contributed by atoms with Crippen molar-refractivity contribution in [1.29, 1.82) is 0 Å². The van der Waals surface area contributed by atoms with Crippen molar-refractivity contribution in [2.75, 3.05) is 31.1 Å². The van der Waals surface area contributed by atoms with Crippen LogP contribution < -0.4 is 4.90 Å². The summed E-state index contributed by atoms with van der Waals surface area (Å²) in [6, 6.07) is 0. The number of piperazine rings is 1. The molecule has 1 aliphatic rings. The molecule has 0 radical (unpaired) electrons. The molecule has 2 rings (SSSR count). The zero-order chi connectivity index (χ0) is 15.6. The summed E-state index contributed by atoms with van der Waals surface area (Å²) >= 11 is 0. The third-order valence-electron chi connectivity index (χ3n) is 2.87. The predicted octanol–water partition coefficient (Wildman–Crippen LogP) is 0.386. The van der Waals surface area contributed by atoms with Gasteiger partial charge in [0.1, 0.15) is 12.4 Å². The normalized spacial score (nSPS) is 16.2. The number of carboxylic acid groups (broad SMARTS) is 1. The Labute approximate surface area is 117 Å². The lowest BCUT2D eigenvalue weighted by Crippen LogP contribution is -2.53. The number of anilines is 1. The molecule has 0 spiro atoms. The summed E-state index contributed by atoms with van der Waals surface area (Å²) in [5.74, 6) is -1.65. The second kappa shape index (κ2) is 5.54. The summed E-state index contributed by atoms with van der Waals surface area (Å²) in [6.07, 6.45) is -2.22. The van der Waals surface area contributed by atoms with E-state index >= 15 is 0 Å². The van der Waals surface area contributed by atoms with Crippen molar-refractivity contribution in [3.63, 3.8) is 0 Å². The highest BCUT2D eigenvalue weighted by molar-refractivity contribution is 5.85. The Hall–Kier alpha value is -2.39. The van der Waals surface area contributed by atoms with Crippen LogP contribution in [-0.4, -0.2) is 64.2 Å². The number of halogens is 3. The molecule has 1 aromatic rings. The van der Waals surface area contributed by atoms with Gasteiger partial charge in [-0.2, -0.15) is 13.2 Å². The molecule has 1 amide bonds. The van der Waals surface area contributed by atoms with Gasteiger partial charge >= 0.3 is 12.1 Å². The third kappa shape index (κ3) is 3.80. The van der Waals surface area contributed by atoms with Gasteiger partial charge in [0.05, 0.1) is 18.9 Å². The number of hydrogen-bond donors (Lipinski definition) is 1. The first-order valence-electron chi connectivity index (χ1n) is 5.91. The smallest absolute Gasteiger partial charge is 0.406 e. The van der Waals surface area contributed by atoms with Crippen molar-refractivity contribution in [3.8, 4) is 0 Å². The van der Waals surface area contributed by atoms with Gasteiger partial charge in [-0.25, -0.2) is 14.8 Å². The molecule has 21 heavy (non-hydrogen) atoms. The van der Waals surface area contributed by atoms with E-state index < -0.39 is 24.6 Å². The lowest BCUT2D eigenvalue weighted by molar-refractivity contribution is -0.161.